The van der Waals surface area contributed by atoms with Gasteiger partial charge < -0.3 is 14.4 Å². The van der Waals surface area contributed by atoms with Crippen molar-refractivity contribution in [1.29, 1.82) is 0 Å². The summed E-state index contributed by atoms with van der Waals surface area (Å²) in [5.41, 5.74) is 0. The topological polar surface area (TPSA) is 86.5 Å². The maximum absolute atomic E-state index is 13.8. The van der Waals surface area contributed by atoms with Crippen molar-refractivity contribution in [3.05, 3.63) is 42.7 Å². The highest BCUT2D eigenvalue weighted by atomic mass is 19.1. The number of amides is 1. The van der Waals surface area contributed by atoms with Crippen molar-refractivity contribution in [2.24, 2.45) is 0 Å². The van der Waals surface area contributed by atoms with Crippen LogP contribution in [-0.4, -0.2) is 57.3 Å². The highest BCUT2D eigenvalue weighted by molar-refractivity contribution is 5.85. The second kappa shape index (κ2) is 7.29. The summed E-state index contributed by atoms with van der Waals surface area (Å²) in [5.74, 6) is -1.27. The van der Waals surface area contributed by atoms with Crippen LogP contribution < -0.4 is 4.74 Å². The van der Waals surface area contributed by atoms with Gasteiger partial charge in [-0.1, -0.05) is 12.1 Å². The predicted molar refractivity (Wildman–Crippen MR) is 83.0 cm³/mol. The number of hydrogen-bond acceptors (Lipinski definition) is 6. The summed E-state index contributed by atoms with van der Waals surface area (Å²) >= 11 is 0. The first kappa shape index (κ1) is 16.9. The van der Waals surface area contributed by atoms with E-state index in [1.807, 2.05) is 0 Å². The average Bonchev–Trinajstić information content (AvgIpc) is 3.26. The minimum absolute atomic E-state index is 0.0556. The maximum Gasteiger partial charge on any atom is 0.328 e. The molecular weight excluding hydrogens is 331 g/mol. The standard InChI is InChI=1S/C16H17FN4O4/c1-24-16(23)13-6-11(25-14-5-3-2-4-12(14)17)7-21(13)15(22)8-20-10-18-9-19-20/h2-5,9-11,13H,6-8H2,1H3. The molecule has 1 amide bonds. The Morgan fingerprint density at radius 2 is 2.16 bits per heavy atom. The van der Waals surface area contributed by atoms with Crippen LogP contribution in [0.25, 0.3) is 0 Å². The molecule has 0 radical (unpaired) electrons. The van der Waals surface area contributed by atoms with Crippen LogP contribution in [0.2, 0.25) is 0 Å². The lowest BCUT2D eigenvalue weighted by Crippen LogP contribution is -2.43. The van der Waals surface area contributed by atoms with Crippen molar-refractivity contribution in [2.45, 2.75) is 25.1 Å². The van der Waals surface area contributed by atoms with Gasteiger partial charge in [-0.15, -0.1) is 0 Å². The van der Waals surface area contributed by atoms with Gasteiger partial charge in [0, 0.05) is 6.42 Å². The van der Waals surface area contributed by atoms with Gasteiger partial charge in [0.2, 0.25) is 5.91 Å². The van der Waals surface area contributed by atoms with Crippen LogP contribution in [0, 0.1) is 5.82 Å². The Kier molecular flexibility index (Phi) is 4.92. The first-order valence-corrected chi connectivity index (χ1v) is 7.69. The Morgan fingerprint density at radius 3 is 2.84 bits per heavy atom. The fourth-order valence-corrected chi connectivity index (χ4v) is 2.78. The fraction of sp³-hybridized carbons (Fsp3) is 0.375. The van der Waals surface area contributed by atoms with Crippen molar-refractivity contribution in [3.63, 3.8) is 0 Å². The largest absolute Gasteiger partial charge is 0.485 e. The number of para-hydroxylation sites is 1. The average molecular weight is 348 g/mol. The van der Waals surface area contributed by atoms with E-state index in [0.717, 1.165) is 0 Å². The zero-order valence-corrected chi connectivity index (χ0v) is 13.5. The van der Waals surface area contributed by atoms with Gasteiger partial charge in [0.15, 0.2) is 11.6 Å². The molecule has 25 heavy (non-hydrogen) atoms. The van der Waals surface area contributed by atoms with Crippen molar-refractivity contribution >= 4 is 11.9 Å². The van der Waals surface area contributed by atoms with Gasteiger partial charge in [0.25, 0.3) is 0 Å². The van der Waals surface area contributed by atoms with E-state index in [-0.39, 0.29) is 31.2 Å². The fourth-order valence-electron chi connectivity index (χ4n) is 2.78. The van der Waals surface area contributed by atoms with E-state index < -0.39 is 23.9 Å². The highest BCUT2D eigenvalue weighted by Crippen LogP contribution is 2.25. The number of carbonyl (C=O) groups excluding carboxylic acids is 2. The third-order valence-electron chi connectivity index (χ3n) is 3.95. The molecule has 0 saturated carbocycles. The van der Waals surface area contributed by atoms with Crippen LogP contribution in [0.3, 0.4) is 0 Å². The number of methoxy groups -OCH3 is 1. The van der Waals surface area contributed by atoms with E-state index in [4.69, 9.17) is 9.47 Å². The molecule has 2 atom stereocenters. The van der Waals surface area contributed by atoms with Crippen LogP contribution in [0.15, 0.2) is 36.9 Å². The Labute approximate surface area is 143 Å². The minimum Gasteiger partial charge on any atom is -0.485 e. The number of halogens is 1. The molecule has 1 aromatic carbocycles. The SMILES string of the molecule is COC(=O)C1CC(Oc2ccccc2F)CN1C(=O)Cn1cncn1. The lowest BCUT2D eigenvalue weighted by atomic mass is 10.2. The van der Waals surface area contributed by atoms with E-state index in [0.29, 0.717) is 0 Å². The predicted octanol–water partition coefficient (Wildman–Crippen LogP) is 0.639. The molecule has 9 heteroatoms. The smallest absolute Gasteiger partial charge is 0.328 e. The number of esters is 1. The summed E-state index contributed by atoms with van der Waals surface area (Å²) in [6.45, 7) is 0.0988. The molecule has 0 spiro atoms. The monoisotopic (exact) mass is 348 g/mol. The molecule has 1 aliphatic heterocycles. The number of carbonyl (C=O) groups is 2. The molecule has 1 aromatic heterocycles. The molecule has 0 aliphatic carbocycles. The molecule has 132 valence electrons. The zero-order chi connectivity index (χ0) is 17.8. The molecule has 1 fully saturated rings. The Hall–Kier alpha value is -2.97. The summed E-state index contributed by atoms with van der Waals surface area (Å²) in [6, 6.07) is 5.22. The molecule has 2 heterocycles. The number of ether oxygens (including phenoxy) is 2. The summed E-state index contributed by atoms with van der Waals surface area (Å²) in [4.78, 5) is 29.7. The normalized spacial score (nSPS) is 19.7. The number of rotatable bonds is 5. The van der Waals surface area contributed by atoms with Crippen molar-refractivity contribution in [1.82, 2.24) is 19.7 Å². The summed E-state index contributed by atoms with van der Waals surface area (Å²) in [6.07, 6.45) is 2.44. The molecule has 8 nitrogen and oxygen atoms in total. The van der Waals surface area contributed by atoms with Gasteiger partial charge in [-0.25, -0.2) is 18.9 Å². The van der Waals surface area contributed by atoms with E-state index in [2.05, 4.69) is 10.1 Å². The van der Waals surface area contributed by atoms with Crippen LogP contribution >= 0.6 is 0 Å². The number of likely N-dealkylation sites (tertiary alicyclic amines) is 1. The summed E-state index contributed by atoms with van der Waals surface area (Å²) in [7, 11) is 1.26. The second-order valence-corrected chi connectivity index (χ2v) is 5.58. The van der Waals surface area contributed by atoms with Crippen molar-refractivity contribution < 1.29 is 23.5 Å². The minimum atomic E-state index is -0.780. The molecule has 1 saturated heterocycles. The lowest BCUT2D eigenvalue weighted by Gasteiger charge is -2.22. The lowest BCUT2D eigenvalue weighted by molar-refractivity contribution is -0.151. The molecule has 2 unspecified atom stereocenters. The second-order valence-electron chi connectivity index (χ2n) is 5.58. The molecule has 0 bridgehead atoms. The summed E-state index contributed by atoms with van der Waals surface area (Å²) in [5, 5.41) is 3.88. The van der Waals surface area contributed by atoms with Gasteiger partial charge in [-0.3, -0.25) is 4.79 Å². The van der Waals surface area contributed by atoms with Crippen LogP contribution in [0.4, 0.5) is 4.39 Å². The number of aromatic nitrogens is 3. The quantitative estimate of drug-likeness (QED) is 0.737. The first-order chi connectivity index (χ1) is 12.1. The number of nitrogens with zero attached hydrogens (tertiary/aromatic N) is 4. The van der Waals surface area contributed by atoms with Crippen LogP contribution in [0.5, 0.6) is 5.75 Å². The Morgan fingerprint density at radius 1 is 1.36 bits per heavy atom. The van der Waals surface area contributed by atoms with E-state index >= 15 is 0 Å². The maximum atomic E-state index is 13.8. The van der Waals surface area contributed by atoms with Gasteiger partial charge in [-0.2, -0.15) is 5.10 Å². The molecule has 0 N–H and O–H groups in total. The Balaban J connectivity index is 1.73. The third-order valence-corrected chi connectivity index (χ3v) is 3.95. The van der Waals surface area contributed by atoms with Crippen molar-refractivity contribution in [3.8, 4) is 5.75 Å². The van der Waals surface area contributed by atoms with E-state index in [9.17, 15) is 14.0 Å². The van der Waals surface area contributed by atoms with Gasteiger partial charge in [0.1, 0.15) is 31.3 Å². The summed E-state index contributed by atoms with van der Waals surface area (Å²) < 4.78 is 25.5. The molecule has 2 aromatic rings. The van der Waals surface area contributed by atoms with E-state index in [1.165, 1.54) is 41.5 Å². The van der Waals surface area contributed by atoms with Gasteiger partial charge in [0.05, 0.1) is 13.7 Å². The molecular formula is C16H17FN4O4. The van der Waals surface area contributed by atoms with Crippen molar-refractivity contribution in [2.75, 3.05) is 13.7 Å². The highest BCUT2D eigenvalue weighted by Gasteiger charge is 2.41. The van der Waals surface area contributed by atoms with Gasteiger partial charge in [-0.05, 0) is 12.1 Å². The molecule has 1 aliphatic rings. The van der Waals surface area contributed by atoms with Crippen LogP contribution in [0.1, 0.15) is 6.42 Å². The first-order valence-electron chi connectivity index (χ1n) is 7.69. The van der Waals surface area contributed by atoms with Crippen LogP contribution in [-0.2, 0) is 20.9 Å². The zero-order valence-electron chi connectivity index (χ0n) is 13.5. The number of hydrogen-bond donors (Lipinski definition) is 0. The third kappa shape index (κ3) is 3.76. The Bertz CT molecular complexity index is 752. The van der Waals surface area contributed by atoms with E-state index in [1.54, 1.807) is 12.1 Å². The van der Waals surface area contributed by atoms with Gasteiger partial charge >= 0.3 is 5.97 Å². The number of benzene rings is 1. The molecule has 3 rings (SSSR count).